The van der Waals surface area contributed by atoms with E-state index in [2.05, 4.69) is 25.9 Å². The van der Waals surface area contributed by atoms with Crippen LogP contribution in [0.25, 0.3) is 11.4 Å². The summed E-state index contributed by atoms with van der Waals surface area (Å²) in [7, 11) is 1.42. The molecule has 2 rings (SSSR count). The van der Waals surface area contributed by atoms with Crippen LogP contribution in [-0.2, 0) is 0 Å². The summed E-state index contributed by atoms with van der Waals surface area (Å²) in [5, 5.41) is 0. The van der Waals surface area contributed by atoms with E-state index < -0.39 is 5.82 Å². The normalized spacial score (nSPS) is 10.3. The molecule has 0 aliphatic rings. The van der Waals surface area contributed by atoms with Crippen LogP contribution in [0.1, 0.15) is 0 Å². The number of methoxy groups -OCH3 is 1. The fraction of sp³-hybridized carbons (Fsp3) is 0.0909. The van der Waals surface area contributed by atoms with Crippen molar-refractivity contribution in [1.29, 1.82) is 0 Å². The lowest BCUT2D eigenvalue weighted by Crippen LogP contribution is -1.92. The lowest BCUT2D eigenvalue weighted by Gasteiger charge is -2.05. The number of ether oxygens (including phenoxy) is 1. The van der Waals surface area contributed by atoms with Crippen LogP contribution in [0.15, 0.2) is 28.9 Å². The van der Waals surface area contributed by atoms with Crippen molar-refractivity contribution in [2.24, 2.45) is 0 Å². The summed E-state index contributed by atoms with van der Waals surface area (Å²) in [6.45, 7) is 0. The molecule has 1 aromatic heterocycles. The van der Waals surface area contributed by atoms with E-state index >= 15 is 0 Å². The Balaban J connectivity index is 2.53. The molecular formula is C11H8BrFN2OS. The quantitative estimate of drug-likeness (QED) is 0.859. The van der Waals surface area contributed by atoms with Crippen LogP contribution in [0.3, 0.4) is 0 Å². The Morgan fingerprint density at radius 3 is 2.88 bits per heavy atom. The maximum absolute atomic E-state index is 13.2. The van der Waals surface area contributed by atoms with Gasteiger partial charge in [0.2, 0.25) is 0 Å². The van der Waals surface area contributed by atoms with Crippen LogP contribution < -0.4 is 4.74 Å². The van der Waals surface area contributed by atoms with Gasteiger partial charge in [-0.2, -0.15) is 0 Å². The van der Waals surface area contributed by atoms with Gasteiger partial charge in [-0.05, 0) is 34.1 Å². The van der Waals surface area contributed by atoms with Crippen LogP contribution in [0, 0.1) is 10.5 Å². The SMILES string of the molecule is COc1cc(-c2ncc(Br)c(=S)[nH]2)ccc1F. The van der Waals surface area contributed by atoms with Crippen LogP contribution in [0.4, 0.5) is 4.39 Å². The largest absolute Gasteiger partial charge is 0.494 e. The molecule has 0 aliphatic carbocycles. The van der Waals surface area contributed by atoms with Gasteiger partial charge in [0.25, 0.3) is 0 Å². The summed E-state index contributed by atoms with van der Waals surface area (Å²) >= 11 is 8.34. The van der Waals surface area contributed by atoms with Gasteiger partial charge in [-0.25, -0.2) is 9.37 Å². The van der Waals surface area contributed by atoms with E-state index in [-0.39, 0.29) is 5.75 Å². The zero-order valence-electron chi connectivity index (χ0n) is 8.83. The predicted octanol–water partition coefficient (Wildman–Crippen LogP) is 3.72. The van der Waals surface area contributed by atoms with Crippen molar-refractivity contribution in [3.05, 3.63) is 39.3 Å². The Kier molecular flexibility index (Phi) is 3.54. The fourth-order valence-corrected chi connectivity index (χ4v) is 1.68. The number of halogens is 2. The van der Waals surface area contributed by atoms with Crippen LogP contribution in [-0.4, -0.2) is 17.1 Å². The van der Waals surface area contributed by atoms with E-state index in [1.165, 1.54) is 13.2 Å². The molecule has 0 spiro atoms. The Morgan fingerprint density at radius 1 is 1.47 bits per heavy atom. The lowest BCUT2D eigenvalue weighted by atomic mass is 10.2. The van der Waals surface area contributed by atoms with Gasteiger partial charge in [-0.1, -0.05) is 12.2 Å². The maximum atomic E-state index is 13.2. The first-order valence-electron chi connectivity index (χ1n) is 4.70. The number of nitrogens with one attached hydrogen (secondary N) is 1. The van der Waals surface area contributed by atoms with Crippen molar-refractivity contribution >= 4 is 28.1 Å². The molecule has 6 heteroatoms. The number of rotatable bonds is 2. The number of hydrogen-bond acceptors (Lipinski definition) is 3. The van der Waals surface area contributed by atoms with Gasteiger partial charge < -0.3 is 9.72 Å². The first-order valence-corrected chi connectivity index (χ1v) is 5.90. The van der Waals surface area contributed by atoms with E-state index in [1.807, 2.05) is 0 Å². The Morgan fingerprint density at radius 2 is 2.24 bits per heavy atom. The third-order valence-corrected chi connectivity index (χ3v) is 3.37. The molecule has 0 saturated carbocycles. The highest BCUT2D eigenvalue weighted by molar-refractivity contribution is 9.10. The first-order chi connectivity index (χ1) is 8.11. The number of aromatic nitrogens is 2. The average molecular weight is 315 g/mol. The van der Waals surface area contributed by atoms with Gasteiger partial charge in [0.05, 0.1) is 11.6 Å². The third kappa shape index (κ3) is 2.53. The topological polar surface area (TPSA) is 37.9 Å². The second kappa shape index (κ2) is 4.93. The monoisotopic (exact) mass is 314 g/mol. The average Bonchev–Trinajstić information content (AvgIpc) is 2.33. The van der Waals surface area contributed by atoms with E-state index in [0.29, 0.717) is 20.5 Å². The molecular weight excluding hydrogens is 307 g/mol. The maximum Gasteiger partial charge on any atom is 0.165 e. The van der Waals surface area contributed by atoms with Crippen molar-refractivity contribution in [1.82, 2.24) is 9.97 Å². The Hall–Kier alpha value is -1.27. The zero-order valence-corrected chi connectivity index (χ0v) is 11.2. The molecule has 1 heterocycles. The van der Waals surface area contributed by atoms with E-state index in [0.717, 1.165) is 0 Å². The van der Waals surface area contributed by atoms with Gasteiger partial charge in [-0.15, -0.1) is 0 Å². The van der Waals surface area contributed by atoms with Crippen molar-refractivity contribution in [2.45, 2.75) is 0 Å². The van der Waals surface area contributed by atoms with Gasteiger partial charge in [0, 0.05) is 11.8 Å². The van der Waals surface area contributed by atoms with E-state index in [4.69, 9.17) is 17.0 Å². The molecule has 0 fully saturated rings. The minimum Gasteiger partial charge on any atom is -0.494 e. The molecule has 0 saturated heterocycles. The molecule has 0 aliphatic heterocycles. The van der Waals surface area contributed by atoms with E-state index in [9.17, 15) is 4.39 Å². The van der Waals surface area contributed by atoms with Crippen molar-refractivity contribution in [3.8, 4) is 17.1 Å². The second-order valence-electron chi connectivity index (χ2n) is 3.26. The molecule has 88 valence electrons. The molecule has 0 radical (unpaired) electrons. The zero-order chi connectivity index (χ0) is 12.4. The number of hydrogen-bond donors (Lipinski definition) is 1. The number of benzene rings is 1. The Bertz CT molecular complexity index is 615. The molecule has 0 atom stereocenters. The molecule has 1 N–H and O–H groups in total. The van der Waals surface area contributed by atoms with Crippen molar-refractivity contribution < 1.29 is 9.13 Å². The third-order valence-electron chi connectivity index (χ3n) is 2.18. The highest BCUT2D eigenvalue weighted by Gasteiger charge is 2.07. The smallest absolute Gasteiger partial charge is 0.165 e. The standard InChI is InChI=1S/C11H8BrFN2OS/c1-16-9-4-6(2-3-8(9)13)10-14-5-7(12)11(17)15-10/h2-5H,1H3,(H,14,15,17). The molecule has 0 bridgehead atoms. The second-order valence-corrected chi connectivity index (χ2v) is 4.52. The first kappa shape index (κ1) is 12.2. The summed E-state index contributed by atoms with van der Waals surface area (Å²) < 4.78 is 19.4. The van der Waals surface area contributed by atoms with Gasteiger partial charge in [0.15, 0.2) is 11.6 Å². The minimum absolute atomic E-state index is 0.173. The fourth-order valence-electron chi connectivity index (χ4n) is 1.33. The summed E-state index contributed by atoms with van der Waals surface area (Å²) in [5.41, 5.74) is 0.710. The summed E-state index contributed by atoms with van der Waals surface area (Å²) in [4.78, 5) is 7.11. The van der Waals surface area contributed by atoms with Gasteiger partial charge in [-0.3, -0.25) is 0 Å². The molecule has 17 heavy (non-hydrogen) atoms. The van der Waals surface area contributed by atoms with Gasteiger partial charge in [0.1, 0.15) is 10.5 Å². The number of H-pyrrole nitrogens is 1. The number of nitrogens with zero attached hydrogens (tertiary/aromatic N) is 1. The molecule has 2 aromatic rings. The lowest BCUT2D eigenvalue weighted by molar-refractivity contribution is 0.387. The van der Waals surface area contributed by atoms with Crippen LogP contribution >= 0.6 is 28.1 Å². The van der Waals surface area contributed by atoms with Crippen molar-refractivity contribution in [2.75, 3.05) is 7.11 Å². The van der Waals surface area contributed by atoms with Crippen LogP contribution in [0.5, 0.6) is 5.75 Å². The Labute approximate surface area is 111 Å². The minimum atomic E-state index is -0.410. The molecule has 0 amide bonds. The summed E-state index contributed by atoms with van der Waals surface area (Å²) in [6.07, 6.45) is 1.60. The van der Waals surface area contributed by atoms with Crippen molar-refractivity contribution in [3.63, 3.8) is 0 Å². The highest BCUT2D eigenvalue weighted by atomic mass is 79.9. The highest BCUT2D eigenvalue weighted by Crippen LogP contribution is 2.24. The number of aromatic amines is 1. The predicted molar refractivity (Wildman–Crippen MR) is 69.1 cm³/mol. The summed E-state index contributed by atoms with van der Waals surface area (Å²) in [5.74, 6) is 0.329. The molecule has 1 aromatic carbocycles. The van der Waals surface area contributed by atoms with Gasteiger partial charge >= 0.3 is 0 Å². The van der Waals surface area contributed by atoms with E-state index in [1.54, 1.807) is 18.3 Å². The summed E-state index contributed by atoms with van der Waals surface area (Å²) in [6, 6.07) is 4.50. The van der Waals surface area contributed by atoms with Crippen LogP contribution in [0.2, 0.25) is 0 Å². The molecule has 0 unspecified atom stereocenters. The molecule has 3 nitrogen and oxygen atoms in total.